The normalized spacial score (nSPS) is 23.9. The van der Waals surface area contributed by atoms with Gasteiger partial charge in [0.25, 0.3) is 0 Å². The van der Waals surface area contributed by atoms with Gasteiger partial charge in [0.1, 0.15) is 18.8 Å². The SMILES string of the molecule is CC(=O)OC[C@H]1O[C@@H](OC/C=C(\C)[C@H](CC=C(C)C)OC(C)=O)[C@H](OC(C)=O)[C@@H](OC(C)=O)[C@@H]1OC(C)=O. The highest BCUT2D eigenvalue weighted by Crippen LogP contribution is 2.30. The molecule has 0 amide bonds. The topological polar surface area (TPSA) is 150 Å². The molecular weight excluding hydrogens is 504 g/mol. The standard InChI is InChI=1S/C26H38O12/c1-14(2)9-10-21(34-17(5)28)15(3)11-12-32-26-25(37-20(8)31)24(36-19(7)30)23(35-18(6)29)22(38-26)13-33-16(4)27/h9,11,21-26H,10,12-13H2,1-8H3/b15-11+/t21-,22+,23+,24-,25+,26+/m0/s1. The van der Waals surface area contributed by atoms with Crippen molar-refractivity contribution in [2.45, 2.75) is 98.6 Å². The van der Waals surface area contributed by atoms with E-state index in [2.05, 4.69) is 0 Å². The van der Waals surface area contributed by atoms with E-state index in [-0.39, 0.29) is 13.2 Å². The first-order valence-electron chi connectivity index (χ1n) is 12.1. The summed E-state index contributed by atoms with van der Waals surface area (Å²) in [6.07, 6.45) is -2.79. The maximum atomic E-state index is 11.9. The Labute approximate surface area is 222 Å². The summed E-state index contributed by atoms with van der Waals surface area (Å²) in [7, 11) is 0. The maximum Gasteiger partial charge on any atom is 0.303 e. The Morgan fingerprint density at radius 1 is 0.711 bits per heavy atom. The van der Waals surface area contributed by atoms with Crippen LogP contribution in [0.5, 0.6) is 0 Å². The molecule has 0 aliphatic carbocycles. The summed E-state index contributed by atoms with van der Waals surface area (Å²) in [4.78, 5) is 58.6. The van der Waals surface area contributed by atoms with Gasteiger partial charge in [-0.2, -0.15) is 0 Å². The summed E-state index contributed by atoms with van der Waals surface area (Å²) in [5, 5.41) is 0. The molecule has 0 spiro atoms. The minimum absolute atomic E-state index is 0.0772. The van der Waals surface area contributed by atoms with Crippen LogP contribution in [0.3, 0.4) is 0 Å². The van der Waals surface area contributed by atoms with Crippen LogP contribution in [0.25, 0.3) is 0 Å². The zero-order valence-corrected chi connectivity index (χ0v) is 23.1. The average molecular weight is 543 g/mol. The Morgan fingerprint density at radius 3 is 1.76 bits per heavy atom. The molecule has 6 atom stereocenters. The van der Waals surface area contributed by atoms with Gasteiger partial charge in [0.05, 0.1) is 6.61 Å². The molecule has 0 aromatic rings. The molecule has 1 aliphatic heterocycles. The zero-order valence-electron chi connectivity index (χ0n) is 23.1. The third-order valence-corrected chi connectivity index (χ3v) is 5.17. The van der Waals surface area contributed by atoms with E-state index in [4.69, 9.17) is 33.2 Å². The van der Waals surface area contributed by atoms with Gasteiger partial charge in [-0.1, -0.05) is 17.7 Å². The lowest BCUT2D eigenvalue weighted by molar-refractivity contribution is -0.306. The van der Waals surface area contributed by atoms with Crippen molar-refractivity contribution in [1.82, 2.24) is 0 Å². The van der Waals surface area contributed by atoms with Crippen LogP contribution >= 0.6 is 0 Å². The van der Waals surface area contributed by atoms with E-state index in [0.29, 0.717) is 12.0 Å². The monoisotopic (exact) mass is 542 g/mol. The summed E-state index contributed by atoms with van der Waals surface area (Å²) in [5.74, 6) is -3.25. The zero-order chi connectivity index (χ0) is 29.0. The molecule has 1 heterocycles. The molecule has 12 heteroatoms. The van der Waals surface area contributed by atoms with Crippen LogP contribution in [0.15, 0.2) is 23.3 Å². The highest BCUT2D eigenvalue weighted by atomic mass is 16.7. The minimum atomic E-state index is -1.32. The summed E-state index contributed by atoms with van der Waals surface area (Å²) in [6, 6.07) is 0. The van der Waals surface area contributed by atoms with Crippen molar-refractivity contribution in [3.63, 3.8) is 0 Å². The quantitative estimate of drug-likeness (QED) is 0.202. The predicted octanol–water partition coefficient (Wildman–Crippen LogP) is 2.32. The van der Waals surface area contributed by atoms with E-state index >= 15 is 0 Å². The van der Waals surface area contributed by atoms with Crippen molar-refractivity contribution in [1.29, 1.82) is 0 Å². The smallest absolute Gasteiger partial charge is 0.303 e. The van der Waals surface area contributed by atoms with E-state index in [9.17, 15) is 24.0 Å². The molecular formula is C26H38O12. The first kappa shape index (κ1) is 32.8. The van der Waals surface area contributed by atoms with Crippen molar-refractivity contribution in [2.75, 3.05) is 13.2 Å². The summed E-state index contributed by atoms with van der Waals surface area (Å²) in [6.45, 7) is 11.1. The highest BCUT2D eigenvalue weighted by Gasteiger charge is 2.52. The first-order valence-corrected chi connectivity index (χ1v) is 12.1. The molecule has 0 radical (unpaired) electrons. The van der Waals surface area contributed by atoms with Crippen molar-refractivity contribution >= 4 is 29.8 Å². The van der Waals surface area contributed by atoms with Gasteiger partial charge in [0.15, 0.2) is 24.6 Å². The molecule has 1 fully saturated rings. The molecule has 0 N–H and O–H groups in total. The maximum absolute atomic E-state index is 11.9. The Bertz CT molecular complexity index is 917. The third-order valence-electron chi connectivity index (χ3n) is 5.17. The van der Waals surface area contributed by atoms with E-state index in [1.165, 1.54) is 13.8 Å². The number of rotatable bonds is 12. The fourth-order valence-electron chi connectivity index (χ4n) is 3.60. The fraction of sp³-hybridized carbons (Fsp3) is 0.654. The molecule has 12 nitrogen and oxygen atoms in total. The molecule has 0 unspecified atom stereocenters. The second-order valence-corrected chi connectivity index (χ2v) is 8.96. The minimum Gasteiger partial charge on any atom is -0.463 e. The lowest BCUT2D eigenvalue weighted by Crippen LogP contribution is -2.62. The molecule has 1 rings (SSSR count). The Hall–Kier alpha value is -3.25. The molecule has 0 aromatic carbocycles. The van der Waals surface area contributed by atoms with Crippen LogP contribution in [-0.2, 0) is 57.1 Å². The van der Waals surface area contributed by atoms with Crippen molar-refractivity contribution in [2.24, 2.45) is 0 Å². The van der Waals surface area contributed by atoms with Gasteiger partial charge in [0, 0.05) is 41.0 Å². The van der Waals surface area contributed by atoms with E-state index in [0.717, 1.165) is 26.3 Å². The van der Waals surface area contributed by atoms with Crippen LogP contribution in [-0.4, -0.2) is 79.9 Å². The van der Waals surface area contributed by atoms with Crippen LogP contribution < -0.4 is 0 Å². The van der Waals surface area contributed by atoms with Gasteiger partial charge in [-0.25, -0.2) is 0 Å². The molecule has 0 bridgehead atoms. The molecule has 1 aliphatic rings. The lowest BCUT2D eigenvalue weighted by Gasteiger charge is -2.44. The largest absolute Gasteiger partial charge is 0.463 e. The Kier molecular flexibility index (Phi) is 13.7. The fourth-order valence-corrected chi connectivity index (χ4v) is 3.60. The molecule has 0 saturated carbocycles. The van der Waals surface area contributed by atoms with Gasteiger partial charge in [0.2, 0.25) is 0 Å². The van der Waals surface area contributed by atoms with Crippen LogP contribution in [0.4, 0.5) is 0 Å². The van der Waals surface area contributed by atoms with E-state index in [1.54, 1.807) is 13.0 Å². The predicted molar refractivity (Wildman–Crippen MR) is 131 cm³/mol. The van der Waals surface area contributed by atoms with Crippen LogP contribution in [0, 0.1) is 0 Å². The summed E-state index contributed by atoms with van der Waals surface area (Å²) >= 11 is 0. The van der Waals surface area contributed by atoms with Gasteiger partial charge >= 0.3 is 29.8 Å². The van der Waals surface area contributed by atoms with Gasteiger partial charge in [-0.15, -0.1) is 0 Å². The van der Waals surface area contributed by atoms with E-state index in [1.807, 2.05) is 19.9 Å². The number of carbonyl (C=O) groups is 5. The van der Waals surface area contributed by atoms with E-state index < -0.39 is 66.7 Å². The van der Waals surface area contributed by atoms with Crippen LogP contribution in [0.2, 0.25) is 0 Å². The number of allylic oxidation sites excluding steroid dienone is 1. The van der Waals surface area contributed by atoms with Crippen LogP contribution in [0.1, 0.15) is 61.8 Å². The highest BCUT2D eigenvalue weighted by molar-refractivity contribution is 5.69. The second kappa shape index (κ2) is 15.9. The number of esters is 5. The summed E-state index contributed by atoms with van der Waals surface area (Å²) in [5.41, 5.74) is 1.76. The van der Waals surface area contributed by atoms with Gasteiger partial charge in [-0.05, 0) is 26.3 Å². The van der Waals surface area contributed by atoms with Crippen molar-refractivity contribution < 1.29 is 57.1 Å². The first-order chi connectivity index (χ1) is 17.7. The Morgan fingerprint density at radius 2 is 1.26 bits per heavy atom. The number of ether oxygens (including phenoxy) is 7. The molecule has 1 saturated heterocycles. The van der Waals surface area contributed by atoms with Crippen molar-refractivity contribution in [3.05, 3.63) is 23.3 Å². The molecule has 0 aromatic heterocycles. The lowest BCUT2D eigenvalue weighted by atomic mass is 9.98. The van der Waals surface area contributed by atoms with Gasteiger partial charge in [-0.3, -0.25) is 24.0 Å². The molecule has 214 valence electrons. The van der Waals surface area contributed by atoms with Gasteiger partial charge < -0.3 is 33.2 Å². The number of hydrogen-bond acceptors (Lipinski definition) is 12. The Balaban J connectivity index is 3.27. The second-order valence-electron chi connectivity index (χ2n) is 8.96. The molecule has 38 heavy (non-hydrogen) atoms. The third kappa shape index (κ3) is 11.9. The van der Waals surface area contributed by atoms with Crippen molar-refractivity contribution in [3.8, 4) is 0 Å². The number of carbonyl (C=O) groups excluding carboxylic acids is 5. The number of hydrogen-bond donors (Lipinski definition) is 0. The average Bonchev–Trinajstić information content (AvgIpc) is 2.77. The summed E-state index contributed by atoms with van der Waals surface area (Å²) < 4.78 is 38.2.